The van der Waals surface area contributed by atoms with Gasteiger partial charge in [-0.3, -0.25) is 0 Å². The first-order chi connectivity index (χ1) is 3.15. The third kappa shape index (κ3) is 7810. The number of carboxylic acids is 1. The molecule has 0 aromatic rings. The van der Waals surface area contributed by atoms with Gasteiger partial charge in [0.15, 0.2) is 0 Å². The Balaban J connectivity index is -0.0000000575. The number of hydrogen-bond acceptors (Lipinski definition) is 3. The fraction of sp³-hybridized carbons (Fsp3) is 0.750. The molecule has 0 aliphatic heterocycles. The minimum atomic E-state index is -1.08. The van der Waals surface area contributed by atoms with Gasteiger partial charge in [0.25, 0.3) is 0 Å². The number of hydrogen-bond donors (Lipinski definition) is 0. The van der Waals surface area contributed by atoms with Crippen LogP contribution in [-0.2, 0) is 26.5 Å². The summed E-state index contributed by atoms with van der Waals surface area (Å²) in [4.78, 5) is 8.89. The van der Waals surface area contributed by atoms with Crippen molar-refractivity contribution < 1.29 is 36.7 Å². The molecular formula is C4H8O3Ti. The van der Waals surface area contributed by atoms with Crippen LogP contribution in [0, 0.1) is 0 Å². The summed E-state index contributed by atoms with van der Waals surface area (Å²) in [5.74, 6) is -1.08. The predicted octanol–water partition coefficient (Wildman–Crippen LogP) is -1.88. The smallest absolute Gasteiger partial charge is 0.855 e. The Morgan fingerprint density at radius 3 is 1.62 bits per heavy atom. The van der Waals surface area contributed by atoms with Gasteiger partial charge in [-0.1, -0.05) is 6.92 Å². The van der Waals surface area contributed by atoms with Crippen LogP contribution in [-0.4, -0.2) is 12.6 Å². The Labute approximate surface area is 63.6 Å². The third-order valence-corrected chi connectivity index (χ3v) is 0. The maximum atomic E-state index is 8.93. The Morgan fingerprint density at radius 2 is 1.62 bits per heavy atom. The van der Waals surface area contributed by atoms with E-state index >= 15 is 0 Å². The van der Waals surface area contributed by atoms with Gasteiger partial charge in [-0.05, 0) is 6.92 Å². The van der Waals surface area contributed by atoms with Crippen molar-refractivity contribution in [3.05, 3.63) is 0 Å². The topological polar surface area (TPSA) is 63.2 Å². The summed E-state index contributed by atoms with van der Waals surface area (Å²) in [6.07, 6.45) is 0. The zero-order valence-corrected chi connectivity index (χ0v) is 6.49. The van der Waals surface area contributed by atoms with Crippen LogP contribution in [0.3, 0.4) is 0 Å². The molecule has 0 N–H and O–H groups in total. The Bertz CT molecular complexity index is 42.5. The molecule has 0 aromatic carbocycles. The van der Waals surface area contributed by atoms with Crippen molar-refractivity contribution in [1.29, 1.82) is 0 Å². The van der Waals surface area contributed by atoms with E-state index in [1.807, 2.05) is 0 Å². The summed E-state index contributed by atoms with van der Waals surface area (Å²) >= 11 is 0. The second-order valence-electron chi connectivity index (χ2n) is 0.780. The average molecular weight is 152 g/mol. The van der Waals surface area contributed by atoms with Gasteiger partial charge >= 0.3 is 21.7 Å². The van der Waals surface area contributed by atoms with Crippen molar-refractivity contribution in [3.8, 4) is 0 Å². The second-order valence-corrected chi connectivity index (χ2v) is 0.780. The van der Waals surface area contributed by atoms with Gasteiger partial charge in [-0.25, -0.2) is 0 Å². The predicted molar refractivity (Wildman–Crippen MR) is 21.2 cm³/mol. The number of rotatable bonds is 0. The van der Waals surface area contributed by atoms with Crippen molar-refractivity contribution in [1.82, 2.24) is 0 Å². The molecule has 0 aliphatic rings. The molecule has 0 amide bonds. The Morgan fingerprint density at radius 1 is 1.62 bits per heavy atom. The minimum Gasteiger partial charge on any atom is -0.855 e. The summed E-state index contributed by atoms with van der Waals surface area (Å²) < 4.78 is 0. The summed E-state index contributed by atoms with van der Waals surface area (Å²) in [7, 11) is 0. The molecule has 4 heteroatoms. The molecule has 0 atom stereocenters. The van der Waals surface area contributed by atoms with Gasteiger partial charge < -0.3 is 15.0 Å². The molecule has 0 aromatic heterocycles. The summed E-state index contributed by atoms with van der Waals surface area (Å²) in [6, 6.07) is 0. The van der Waals surface area contributed by atoms with Crippen LogP contribution in [0.1, 0.15) is 13.8 Å². The van der Waals surface area contributed by atoms with E-state index < -0.39 is 5.97 Å². The van der Waals surface area contributed by atoms with E-state index in [-0.39, 0.29) is 28.3 Å². The van der Waals surface area contributed by atoms with E-state index in [1.165, 1.54) is 0 Å². The molecule has 0 aliphatic carbocycles. The van der Waals surface area contributed by atoms with Gasteiger partial charge in [0.05, 0.1) is 0 Å². The molecule has 0 rings (SSSR count). The number of carboxylic acid groups (broad SMARTS) is 1. The first-order valence-corrected chi connectivity index (χ1v) is 1.90. The molecule has 0 heterocycles. The molecule has 0 spiro atoms. The van der Waals surface area contributed by atoms with Gasteiger partial charge in [-0.15, -0.1) is 6.61 Å². The van der Waals surface area contributed by atoms with Crippen molar-refractivity contribution in [2.24, 2.45) is 0 Å². The molecule has 46 valence electrons. The van der Waals surface area contributed by atoms with Crippen LogP contribution in [0.2, 0.25) is 0 Å². The molecular weight excluding hydrogens is 144 g/mol. The zero-order valence-electron chi connectivity index (χ0n) is 4.93. The van der Waals surface area contributed by atoms with Gasteiger partial charge in [0.1, 0.15) is 0 Å². The van der Waals surface area contributed by atoms with Crippen molar-refractivity contribution in [3.63, 3.8) is 0 Å². The number of carbonyl (C=O) groups is 1. The maximum Gasteiger partial charge on any atom is 2.00 e. The number of carbonyl (C=O) groups excluding carboxylic acids is 1. The number of aliphatic carboxylic acids is 1. The normalized spacial score (nSPS) is 5.38. The molecule has 0 fully saturated rings. The SMILES string of the molecule is CC(=O)[O-].CC[O-].[Ti+2]. The van der Waals surface area contributed by atoms with E-state index in [0.717, 1.165) is 6.92 Å². The van der Waals surface area contributed by atoms with E-state index in [4.69, 9.17) is 15.0 Å². The van der Waals surface area contributed by atoms with Crippen molar-refractivity contribution >= 4 is 5.97 Å². The second kappa shape index (κ2) is 15.7. The Hall–Kier alpha value is 0.144. The molecule has 0 unspecified atom stereocenters. The largest absolute Gasteiger partial charge is 2.00 e. The van der Waals surface area contributed by atoms with Crippen LogP contribution in [0.5, 0.6) is 0 Å². The van der Waals surface area contributed by atoms with Gasteiger partial charge in [-0.2, -0.15) is 0 Å². The van der Waals surface area contributed by atoms with Crippen LogP contribution in [0.15, 0.2) is 0 Å². The summed E-state index contributed by atoms with van der Waals surface area (Å²) in [5, 5.41) is 17.8. The molecule has 0 saturated heterocycles. The van der Waals surface area contributed by atoms with Gasteiger partial charge in [0, 0.05) is 5.97 Å². The average Bonchev–Trinajstić information content (AvgIpc) is 1.33. The van der Waals surface area contributed by atoms with Crippen LogP contribution < -0.4 is 10.2 Å². The molecule has 3 nitrogen and oxygen atoms in total. The first-order valence-electron chi connectivity index (χ1n) is 1.90. The van der Waals surface area contributed by atoms with E-state index in [0.29, 0.717) is 0 Å². The molecule has 0 saturated carbocycles. The fourth-order valence-corrected chi connectivity index (χ4v) is 0. The Kier molecular flexibility index (Phi) is 30.8. The van der Waals surface area contributed by atoms with Crippen molar-refractivity contribution in [2.45, 2.75) is 13.8 Å². The zero-order chi connectivity index (χ0) is 6.28. The quantitative estimate of drug-likeness (QED) is 0.381. The van der Waals surface area contributed by atoms with Crippen LogP contribution in [0.4, 0.5) is 0 Å². The molecule has 0 radical (unpaired) electrons. The monoisotopic (exact) mass is 152 g/mol. The standard InChI is InChI=1S/C2H4O2.C2H5O.Ti/c1-2(3)4;1-2-3;/h1H3,(H,3,4);2H2,1H3;/q;-1;+2/p-1. The minimum absolute atomic E-state index is 0. The van der Waals surface area contributed by atoms with Gasteiger partial charge in [0.2, 0.25) is 0 Å². The van der Waals surface area contributed by atoms with Crippen LogP contribution >= 0.6 is 0 Å². The fourth-order valence-electron chi connectivity index (χ4n) is 0. The summed E-state index contributed by atoms with van der Waals surface area (Å²) in [6.45, 7) is 2.54. The maximum absolute atomic E-state index is 8.93. The molecule has 8 heavy (non-hydrogen) atoms. The first kappa shape index (κ1) is 15.7. The molecule has 0 bridgehead atoms. The van der Waals surface area contributed by atoms with E-state index in [9.17, 15) is 0 Å². The summed E-state index contributed by atoms with van der Waals surface area (Å²) in [5.41, 5.74) is 0. The van der Waals surface area contributed by atoms with E-state index in [2.05, 4.69) is 0 Å². The van der Waals surface area contributed by atoms with Crippen molar-refractivity contribution in [2.75, 3.05) is 6.61 Å². The van der Waals surface area contributed by atoms with Crippen LogP contribution in [0.25, 0.3) is 0 Å². The third-order valence-electron chi connectivity index (χ3n) is 0. The van der Waals surface area contributed by atoms with E-state index in [1.54, 1.807) is 6.92 Å².